The van der Waals surface area contributed by atoms with Gasteiger partial charge in [-0.3, -0.25) is 9.59 Å². The van der Waals surface area contributed by atoms with Gasteiger partial charge in [0.1, 0.15) is 11.8 Å². The van der Waals surface area contributed by atoms with Gasteiger partial charge in [-0.1, -0.05) is 78.1 Å². The van der Waals surface area contributed by atoms with E-state index in [9.17, 15) is 29.7 Å². The van der Waals surface area contributed by atoms with Crippen LogP contribution < -0.4 is 5.11 Å². The van der Waals surface area contributed by atoms with Crippen LogP contribution >= 0.6 is 0 Å². The Morgan fingerprint density at radius 3 is 1.30 bits per heavy atom. The number of quaternary nitrogens is 1. The highest BCUT2D eigenvalue weighted by Gasteiger charge is 2.36. The molecule has 0 fully saturated rings. The summed E-state index contributed by atoms with van der Waals surface area (Å²) >= 11 is 0. The molecule has 0 aromatic carbocycles. The predicted octanol–water partition coefficient (Wildman–Crippen LogP) is 4.33. The summed E-state index contributed by atoms with van der Waals surface area (Å²) in [6, 6.07) is 0. The van der Waals surface area contributed by atoms with Crippen LogP contribution in [0.3, 0.4) is 0 Å². The summed E-state index contributed by atoms with van der Waals surface area (Å²) in [5.41, 5.74) is 0. The number of carbonyl (C=O) groups is 3. The minimum absolute atomic E-state index is 0.188. The molecule has 3 atom stereocenters. The maximum absolute atomic E-state index is 11.5. The molecule has 33 heavy (non-hydrogen) atoms. The molecule has 0 aliphatic rings. The van der Waals surface area contributed by atoms with E-state index in [-0.39, 0.29) is 24.1 Å². The molecule has 0 saturated carbocycles. The van der Waals surface area contributed by atoms with Gasteiger partial charge in [0.15, 0.2) is 0 Å². The highest BCUT2D eigenvalue weighted by Crippen LogP contribution is 2.22. The summed E-state index contributed by atoms with van der Waals surface area (Å²) in [7, 11) is 0. The number of aliphatic carboxylic acids is 3. The van der Waals surface area contributed by atoms with Crippen LogP contribution in [0, 0.1) is 17.8 Å². The van der Waals surface area contributed by atoms with E-state index in [2.05, 4.69) is 6.92 Å². The predicted molar refractivity (Wildman–Crippen MR) is 129 cm³/mol. The first-order valence-electron chi connectivity index (χ1n) is 13.1. The lowest BCUT2D eigenvalue weighted by Crippen LogP contribution is -2.58. The number of carboxylic acids is 3. The summed E-state index contributed by atoms with van der Waals surface area (Å²) < 4.78 is 0.188. The van der Waals surface area contributed by atoms with Crippen LogP contribution in [0.1, 0.15) is 105 Å². The third kappa shape index (κ3) is 15.0. The molecule has 0 aliphatic heterocycles. The molecule has 0 spiro atoms. The first-order chi connectivity index (χ1) is 15.5. The Labute approximate surface area is 201 Å². The summed E-state index contributed by atoms with van der Waals surface area (Å²) in [5.74, 6) is -5.22. The summed E-state index contributed by atoms with van der Waals surface area (Å²) in [4.78, 5) is 34.5. The fourth-order valence-corrected chi connectivity index (χ4v) is 4.76. The monoisotopic (exact) mass is 471 g/mol. The zero-order valence-electron chi connectivity index (χ0n) is 21.5. The van der Waals surface area contributed by atoms with Crippen molar-refractivity contribution in [2.45, 2.75) is 105 Å². The number of carboxylic acid groups (broad SMARTS) is 3. The third-order valence-corrected chi connectivity index (χ3v) is 6.71. The van der Waals surface area contributed by atoms with Crippen molar-refractivity contribution in [1.82, 2.24) is 0 Å². The van der Waals surface area contributed by atoms with E-state index < -0.39 is 35.7 Å². The van der Waals surface area contributed by atoms with E-state index in [1.807, 2.05) is 0 Å². The summed E-state index contributed by atoms with van der Waals surface area (Å²) in [6.07, 6.45) is 14.5. The van der Waals surface area contributed by atoms with Crippen molar-refractivity contribution < 1.29 is 34.2 Å². The zero-order chi connectivity index (χ0) is 25.3. The average molecular weight is 472 g/mol. The van der Waals surface area contributed by atoms with E-state index in [4.69, 9.17) is 0 Å². The number of hydrogen-bond donors (Lipinski definition) is 2. The fourth-order valence-electron chi connectivity index (χ4n) is 4.76. The Morgan fingerprint density at radius 2 is 0.970 bits per heavy atom. The molecule has 7 heteroatoms. The maximum atomic E-state index is 11.5. The Balaban J connectivity index is 4.78. The molecule has 0 amide bonds. The molecule has 0 rings (SSSR count). The van der Waals surface area contributed by atoms with E-state index in [1.54, 1.807) is 20.8 Å². The smallest absolute Gasteiger partial charge is 0.311 e. The van der Waals surface area contributed by atoms with Crippen molar-refractivity contribution in [2.24, 2.45) is 17.8 Å². The van der Waals surface area contributed by atoms with Gasteiger partial charge in [-0.25, -0.2) is 0 Å². The highest BCUT2D eigenvalue weighted by molar-refractivity contribution is 5.70. The minimum atomic E-state index is -1.18. The van der Waals surface area contributed by atoms with E-state index in [0.29, 0.717) is 6.54 Å². The zero-order valence-corrected chi connectivity index (χ0v) is 21.5. The third-order valence-electron chi connectivity index (χ3n) is 6.71. The lowest BCUT2D eigenvalue weighted by Gasteiger charge is -2.43. The summed E-state index contributed by atoms with van der Waals surface area (Å²) in [5, 5.41) is 30.3. The van der Waals surface area contributed by atoms with Crippen molar-refractivity contribution in [3.8, 4) is 0 Å². The van der Waals surface area contributed by atoms with Crippen LogP contribution in [0.25, 0.3) is 0 Å². The number of nitrogens with zero attached hydrogens (tertiary/aromatic N) is 1. The maximum Gasteiger partial charge on any atom is 0.311 e. The molecule has 3 unspecified atom stereocenters. The van der Waals surface area contributed by atoms with E-state index in [0.717, 1.165) is 19.3 Å². The number of hydrogen-bond acceptors (Lipinski definition) is 4. The molecule has 0 aromatic heterocycles. The van der Waals surface area contributed by atoms with Crippen molar-refractivity contribution in [1.29, 1.82) is 0 Å². The Bertz CT molecular complexity index is 510. The summed E-state index contributed by atoms with van der Waals surface area (Å²) in [6.45, 7) is 8.22. The molecule has 0 aliphatic carbocycles. The van der Waals surface area contributed by atoms with Crippen molar-refractivity contribution in [2.75, 3.05) is 26.2 Å². The van der Waals surface area contributed by atoms with Gasteiger partial charge >= 0.3 is 11.9 Å². The quantitative estimate of drug-likeness (QED) is 0.179. The normalized spacial score (nSPS) is 16.0. The molecule has 0 radical (unpaired) electrons. The highest BCUT2D eigenvalue weighted by atomic mass is 16.4. The fraction of sp³-hybridized carbons (Fsp3) is 0.885. The number of rotatable bonds is 22. The lowest BCUT2D eigenvalue weighted by molar-refractivity contribution is -0.934. The second kappa shape index (κ2) is 17.8. The largest absolute Gasteiger partial charge is 0.550 e. The molecule has 0 aromatic rings. The van der Waals surface area contributed by atoms with Gasteiger partial charge in [0.2, 0.25) is 0 Å². The van der Waals surface area contributed by atoms with Crippen LogP contribution in [-0.2, 0) is 14.4 Å². The lowest BCUT2D eigenvalue weighted by atomic mass is 10.00. The van der Waals surface area contributed by atoms with Crippen molar-refractivity contribution in [3.05, 3.63) is 0 Å². The Hall–Kier alpha value is -1.63. The van der Waals surface area contributed by atoms with Crippen molar-refractivity contribution in [3.63, 3.8) is 0 Å². The van der Waals surface area contributed by atoms with Crippen LogP contribution in [0.4, 0.5) is 0 Å². The van der Waals surface area contributed by atoms with Crippen LogP contribution in [0.2, 0.25) is 0 Å². The van der Waals surface area contributed by atoms with Crippen molar-refractivity contribution >= 4 is 17.9 Å². The molecular formula is C26H49NO6. The second-order valence-electron chi connectivity index (χ2n) is 10.2. The van der Waals surface area contributed by atoms with E-state index >= 15 is 0 Å². The number of unbranched alkanes of at least 4 members (excludes halogenated alkanes) is 11. The van der Waals surface area contributed by atoms with Gasteiger partial charge in [0.05, 0.1) is 26.2 Å². The molecule has 2 N–H and O–H groups in total. The first-order valence-corrected chi connectivity index (χ1v) is 13.1. The molecular weight excluding hydrogens is 422 g/mol. The molecule has 0 heterocycles. The molecule has 194 valence electrons. The van der Waals surface area contributed by atoms with Gasteiger partial charge in [-0.15, -0.1) is 0 Å². The Morgan fingerprint density at radius 1 is 0.636 bits per heavy atom. The van der Waals surface area contributed by atoms with Gasteiger partial charge in [0, 0.05) is 11.9 Å². The first kappa shape index (κ1) is 31.4. The SMILES string of the molecule is CCCCCCCCCCCCCC[N+](CC(C)C(=O)[O-])(CC(C)C(=O)O)CC(C)C(=O)O. The van der Waals surface area contributed by atoms with Gasteiger partial charge < -0.3 is 24.6 Å². The van der Waals surface area contributed by atoms with Gasteiger partial charge in [-0.2, -0.15) is 0 Å². The minimum Gasteiger partial charge on any atom is -0.550 e. The second-order valence-corrected chi connectivity index (χ2v) is 10.2. The number of carbonyl (C=O) groups excluding carboxylic acids is 1. The topological polar surface area (TPSA) is 115 Å². The van der Waals surface area contributed by atoms with Crippen LogP contribution in [-0.4, -0.2) is 58.8 Å². The standard InChI is InChI=1S/C26H49NO6/c1-5-6-7-8-9-10-11-12-13-14-15-16-17-27(18-21(2)24(28)29,19-22(3)25(30)31)20-23(4)26(32)33/h21-23H,5-20H2,1-4H3,(H2-,28,29,30,31,32,33). The van der Waals surface area contributed by atoms with Crippen LogP contribution in [0.15, 0.2) is 0 Å². The molecule has 0 bridgehead atoms. The average Bonchev–Trinajstić information content (AvgIpc) is 2.74. The van der Waals surface area contributed by atoms with E-state index in [1.165, 1.54) is 57.8 Å². The Kier molecular flexibility index (Phi) is 16.9. The molecule has 0 saturated heterocycles. The molecule has 7 nitrogen and oxygen atoms in total. The van der Waals surface area contributed by atoms with Gasteiger partial charge in [0.25, 0.3) is 0 Å². The van der Waals surface area contributed by atoms with Crippen LogP contribution in [0.5, 0.6) is 0 Å². The van der Waals surface area contributed by atoms with Gasteiger partial charge in [-0.05, 0) is 26.7 Å².